The number of imide groups is 1. The number of ketones is 2. The van der Waals surface area contributed by atoms with Crippen LogP contribution in [0.1, 0.15) is 31.2 Å². The van der Waals surface area contributed by atoms with E-state index in [1.165, 1.54) is 24.2 Å². The molecule has 38 heavy (non-hydrogen) atoms. The molecule has 1 N–H and O–H groups in total. The van der Waals surface area contributed by atoms with Crippen molar-refractivity contribution in [3.05, 3.63) is 87.5 Å². The van der Waals surface area contributed by atoms with Gasteiger partial charge >= 0.3 is 0 Å². The molecule has 2 aromatic carbocycles. The van der Waals surface area contributed by atoms with Crippen molar-refractivity contribution in [3.8, 4) is 11.5 Å². The molecule has 2 amide bonds. The number of anilines is 1. The van der Waals surface area contributed by atoms with Gasteiger partial charge in [0.25, 0.3) is 0 Å². The quantitative estimate of drug-likeness (QED) is 0.352. The van der Waals surface area contributed by atoms with Crippen LogP contribution in [0.5, 0.6) is 11.5 Å². The number of rotatable bonds is 3. The first-order valence-electron chi connectivity index (χ1n) is 12.4. The van der Waals surface area contributed by atoms with Crippen LogP contribution in [0.2, 0.25) is 5.02 Å². The Bertz CT molecular complexity index is 1530. The molecule has 4 aliphatic rings. The van der Waals surface area contributed by atoms with Crippen LogP contribution in [0.3, 0.4) is 0 Å². The van der Waals surface area contributed by atoms with E-state index in [1.807, 2.05) is 6.08 Å². The van der Waals surface area contributed by atoms with Gasteiger partial charge in [-0.15, -0.1) is 0 Å². The summed E-state index contributed by atoms with van der Waals surface area (Å²) in [6.07, 6.45) is 3.83. The van der Waals surface area contributed by atoms with Crippen molar-refractivity contribution in [1.29, 1.82) is 0 Å². The normalized spacial score (nSPS) is 26.6. The van der Waals surface area contributed by atoms with Gasteiger partial charge < -0.3 is 9.84 Å². The second kappa shape index (κ2) is 8.81. The summed E-state index contributed by atoms with van der Waals surface area (Å²) in [5, 5.41) is 11.0. The summed E-state index contributed by atoms with van der Waals surface area (Å²) in [6, 6.07) is 11.5. The van der Waals surface area contributed by atoms with E-state index in [2.05, 4.69) is 0 Å². The largest absolute Gasteiger partial charge is 0.504 e. The molecule has 1 heterocycles. The molecule has 2 aromatic rings. The van der Waals surface area contributed by atoms with Crippen molar-refractivity contribution in [2.45, 2.75) is 25.7 Å². The molecule has 0 spiro atoms. The predicted molar refractivity (Wildman–Crippen MR) is 140 cm³/mol. The van der Waals surface area contributed by atoms with E-state index in [4.69, 9.17) is 16.3 Å². The van der Waals surface area contributed by atoms with Crippen LogP contribution in [-0.4, -0.2) is 35.6 Å². The van der Waals surface area contributed by atoms with Crippen LogP contribution >= 0.6 is 11.6 Å². The van der Waals surface area contributed by atoms with Crippen molar-refractivity contribution in [2.75, 3.05) is 12.0 Å². The lowest BCUT2D eigenvalue weighted by atomic mass is 9.59. The summed E-state index contributed by atoms with van der Waals surface area (Å²) in [6.45, 7) is 1.62. The topological polar surface area (TPSA) is 101 Å². The summed E-state index contributed by atoms with van der Waals surface area (Å²) in [4.78, 5) is 55.2. The van der Waals surface area contributed by atoms with Gasteiger partial charge in [0.1, 0.15) is 0 Å². The zero-order chi connectivity index (χ0) is 26.9. The van der Waals surface area contributed by atoms with E-state index >= 15 is 0 Å². The van der Waals surface area contributed by atoms with Crippen molar-refractivity contribution >= 4 is 40.7 Å². The zero-order valence-electron chi connectivity index (χ0n) is 20.7. The van der Waals surface area contributed by atoms with Gasteiger partial charge in [-0.2, -0.15) is 0 Å². The molecule has 1 fully saturated rings. The third kappa shape index (κ3) is 3.49. The number of fused-ring (bicyclic) bond motifs is 3. The minimum atomic E-state index is -0.670. The molecule has 8 heteroatoms. The van der Waals surface area contributed by atoms with Gasteiger partial charge in [-0.05, 0) is 73.7 Å². The fourth-order valence-corrected chi connectivity index (χ4v) is 6.60. The van der Waals surface area contributed by atoms with Crippen LogP contribution in [0.4, 0.5) is 5.69 Å². The molecule has 0 radical (unpaired) electrons. The maximum atomic E-state index is 13.8. The van der Waals surface area contributed by atoms with Crippen molar-refractivity contribution in [1.82, 2.24) is 0 Å². The number of Topliss-reactive ketones (excluding diaryl/α,β-unsaturated/α-hetero) is 1. The molecule has 1 saturated heterocycles. The smallest absolute Gasteiger partial charge is 0.238 e. The molecule has 4 atom stereocenters. The zero-order valence-corrected chi connectivity index (χ0v) is 21.5. The van der Waals surface area contributed by atoms with Gasteiger partial charge in [0.2, 0.25) is 11.8 Å². The van der Waals surface area contributed by atoms with Gasteiger partial charge in [0.05, 0.1) is 24.6 Å². The Morgan fingerprint density at radius 1 is 1.00 bits per heavy atom. The van der Waals surface area contributed by atoms with Crippen molar-refractivity contribution < 1.29 is 29.0 Å². The van der Waals surface area contributed by atoms with E-state index in [9.17, 15) is 24.3 Å². The highest BCUT2D eigenvalue weighted by atomic mass is 35.5. The molecule has 192 valence electrons. The van der Waals surface area contributed by atoms with Crippen LogP contribution in [0.15, 0.2) is 76.9 Å². The van der Waals surface area contributed by atoms with Gasteiger partial charge in [-0.1, -0.05) is 29.3 Å². The fraction of sp³-hybridized carbons (Fsp3) is 0.267. The summed E-state index contributed by atoms with van der Waals surface area (Å²) in [7, 11) is 1.45. The highest BCUT2D eigenvalue weighted by Gasteiger charge is 2.56. The van der Waals surface area contributed by atoms with Gasteiger partial charge in [-0.25, -0.2) is 0 Å². The van der Waals surface area contributed by atoms with E-state index in [0.29, 0.717) is 39.4 Å². The predicted octanol–water partition coefficient (Wildman–Crippen LogP) is 4.69. The first-order chi connectivity index (χ1) is 18.2. The van der Waals surface area contributed by atoms with Crippen LogP contribution in [-0.2, 0) is 19.2 Å². The third-order valence-corrected chi connectivity index (χ3v) is 8.44. The molecule has 0 unspecified atom stereocenters. The second-order valence-electron chi connectivity index (χ2n) is 10.1. The first-order valence-corrected chi connectivity index (χ1v) is 12.8. The molecule has 1 aliphatic heterocycles. The van der Waals surface area contributed by atoms with Crippen molar-refractivity contribution in [3.63, 3.8) is 0 Å². The standard InChI is InChI=1S/C30H24ClNO6/c1-14-11-22(33)21-13-20-18(25(27(21)28(14)35)15-3-10-24(38-2)23(34)12-15)8-9-19-26(20)30(37)32(29(19)36)17-6-4-16(31)5-7-17/h3-8,10-12,19-20,25-26,34H,9,13H2,1-2H3/t19-,20+,25-,26-/m0/s1. The lowest BCUT2D eigenvalue weighted by molar-refractivity contribution is -0.123. The number of nitrogens with zero attached hydrogens (tertiary/aromatic N) is 1. The molecule has 0 bridgehead atoms. The summed E-state index contributed by atoms with van der Waals surface area (Å²) < 4.78 is 5.20. The first kappa shape index (κ1) is 24.4. The Morgan fingerprint density at radius 3 is 2.42 bits per heavy atom. The number of carbonyl (C=O) groups excluding carboxylic acids is 4. The maximum Gasteiger partial charge on any atom is 0.238 e. The minimum Gasteiger partial charge on any atom is -0.504 e. The average molecular weight is 530 g/mol. The monoisotopic (exact) mass is 529 g/mol. The van der Waals surface area contributed by atoms with E-state index in [1.54, 1.807) is 43.3 Å². The number of aromatic hydroxyl groups is 1. The second-order valence-corrected chi connectivity index (χ2v) is 10.6. The molecule has 0 saturated carbocycles. The average Bonchev–Trinajstić information content (AvgIpc) is 3.16. The number of phenolic OH excluding ortho intramolecular Hbond substituents is 1. The maximum absolute atomic E-state index is 13.8. The van der Waals surface area contributed by atoms with E-state index in [-0.39, 0.29) is 41.3 Å². The van der Waals surface area contributed by atoms with Gasteiger partial charge in [0.15, 0.2) is 23.1 Å². The highest BCUT2D eigenvalue weighted by Crippen LogP contribution is 2.55. The number of methoxy groups -OCH3 is 1. The fourth-order valence-electron chi connectivity index (χ4n) is 6.47. The number of benzene rings is 2. The number of ether oxygens (including phenoxy) is 1. The lowest BCUT2D eigenvalue weighted by Gasteiger charge is -2.42. The molecule has 3 aliphatic carbocycles. The number of phenols is 1. The number of hydrogen-bond donors (Lipinski definition) is 1. The lowest BCUT2D eigenvalue weighted by Crippen LogP contribution is -2.39. The summed E-state index contributed by atoms with van der Waals surface area (Å²) >= 11 is 6.02. The molecule has 7 nitrogen and oxygen atoms in total. The Labute approximate surface area is 224 Å². The number of carbonyl (C=O) groups is 4. The molecule has 6 rings (SSSR count). The highest BCUT2D eigenvalue weighted by molar-refractivity contribution is 6.31. The summed E-state index contributed by atoms with van der Waals surface area (Å²) in [5.41, 5.74) is 3.00. The van der Waals surface area contributed by atoms with Gasteiger partial charge in [0, 0.05) is 27.7 Å². The Balaban J connectivity index is 1.48. The number of halogens is 1. The van der Waals surface area contributed by atoms with E-state index in [0.717, 1.165) is 5.57 Å². The Morgan fingerprint density at radius 2 is 1.74 bits per heavy atom. The molecule has 0 aromatic heterocycles. The SMILES string of the molecule is COc1ccc([C@H]2C3=CC[C@@H]4C(=O)N(c5ccc(Cl)cc5)C(=O)[C@@H]4[C@@H]3CC3=C2C(=O)C(C)=CC3=O)cc1O. The number of amides is 2. The van der Waals surface area contributed by atoms with Crippen LogP contribution < -0.4 is 9.64 Å². The molecular formula is C30H24ClNO6. The summed E-state index contributed by atoms with van der Waals surface area (Å²) in [5.74, 6) is -3.20. The third-order valence-electron chi connectivity index (χ3n) is 8.19. The van der Waals surface area contributed by atoms with Crippen molar-refractivity contribution in [2.24, 2.45) is 17.8 Å². The van der Waals surface area contributed by atoms with Crippen LogP contribution in [0, 0.1) is 17.8 Å². The number of allylic oxidation sites excluding steroid dienone is 6. The van der Waals surface area contributed by atoms with Crippen LogP contribution in [0.25, 0.3) is 0 Å². The number of hydrogen-bond acceptors (Lipinski definition) is 6. The Hall–Kier alpha value is -3.97. The van der Waals surface area contributed by atoms with E-state index < -0.39 is 23.7 Å². The molecular weight excluding hydrogens is 506 g/mol. The van der Waals surface area contributed by atoms with Gasteiger partial charge in [-0.3, -0.25) is 24.1 Å². The Kier molecular flexibility index (Phi) is 5.65. The minimum absolute atomic E-state index is 0.0913.